The molecule has 0 spiro atoms. The maximum atomic E-state index is 5.84. The third-order valence-corrected chi connectivity index (χ3v) is 3.19. The Labute approximate surface area is 130 Å². The van der Waals surface area contributed by atoms with Crippen LogP contribution < -0.4 is 14.8 Å². The van der Waals surface area contributed by atoms with Gasteiger partial charge in [-0.25, -0.2) is 0 Å². The van der Waals surface area contributed by atoms with Gasteiger partial charge in [-0.15, -0.1) is 0 Å². The molecule has 0 heterocycles. The summed E-state index contributed by atoms with van der Waals surface area (Å²) in [5.74, 6) is 1.73. The molecule has 3 nitrogen and oxygen atoms in total. The van der Waals surface area contributed by atoms with Crippen molar-refractivity contribution in [2.24, 2.45) is 0 Å². The van der Waals surface area contributed by atoms with Gasteiger partial charge in [0, 0.05) is 6.04 Å². The number of rotatable bonds is 12. The maximum absolute atomic E-state index is 5.84. The van der Waals surface area contributed by atoms with Gasteiger partial charge >= 0.3 is 0 Å². The lowest BCUT2D eigenvalue weighted by Crippen LogP contribution is -2.23. The first kappa shape index (κ1) is 17.8. The molecular formula is C18H31NO2. The third-order valence-electron chi connectivity index (χ3n) is 3.19. The molecule has 0 aromatic heterocycles. The van der Waals surface area contributed by atoms with Gasteiger partial charge in [0.15, 0.2) is 11.5 Å². The normalized spacial score (nSPS) is 10.9. The second-order valence-electron chi connectivity index (χ2n) is 5.67. The predicted octanol–water partition coefficient (Wildman–Crippen LogP) is 4.41. The first-order valence-electron chi connectivity index (χ1n) is 8.32. The zero-order valence-corrected chi connectivity index (χ0v) is 13.9. The molecular weight excluding hydrogens is 262 g/mol. The van der Waals surface area contributed by atoms with Crippen LogP contribution in [0.5, 0.6) is 11.5 Å². The van der Waals surface area contributed by atoms with E-state index >= 15 is 0 Å². The highest BCUT2D eigenvalue weighted by molar-refractivity contribution is 5.39. The van der Waals surface area contributed by atoms with Crippen LogP contribution in [-0.2, 0) is 0 Å². The fourth-order valence-electron chi connectivity index (χ4n) is 2.05. The molecule has 1 aromatic carbocycles. The van der Waals surface area contributed by atoms with Crippen molar-refractivity contribution < 1.29 is 9.47 Å². The first-order valence-corrected chi connectivity index (χ1v) is 8.32. The van der Waals surface area contributed by atoms with Crippen LogP contribution in [0.15, 0.2) is 24.3 Å². The first-order chi connectivity index (χ1) is 10.2. The SMILES string of the molecule is CCCOc1ccccc1OCCCCCCNC(C)C. The highest BCUT2D eigenvalue weighted by atomic mass is 16.5. The zero-order valence-electron chi connectivity index (χ0n) is 13.9. The predicted molar refractivity (Wildman–Crippen MR) is 89.3 cm³/mol. The molecule has 1 rings (SSSR count). The van der Waals surface area contributed by atoms with Crippen molar-refractivity contribution in [3.8, 4) is 11.5 Å². The van der Waals surface area contributed by atoms with Gasteiger partial charge in [-0.2, -0.15) is 0 Å². The average molecular weight is 293 g/mol. The van der Waals surface area contributed by atoms with Gasteiger partial charge in [0.2, 0.25) is 0 Å². The fraction of sp³-hybridized carbons (Fsp3) is 0.667. The average Bonchev–Trinajstić information content (AvgIpc) is 2.48. The van der Waals surface area contributed by atoms with Crippen LogP contribution in [0.25, 0.3) is 0 Å². The van der Waals surface area contributed by atoms with Gasteiger partial charge < -0.3 is 14.8 Å². The van der Waals surface area contributed by atoms with E-state index in [2.05, 4.69) is 26.1 Å². The summed E-state index contributed by atoms with van der Waals surface area (Å²) < 4.78 is 11.5. The second kappa shape index (κ2) is 11.4. The minimum absolute atomic E-state index is 0.591. The van der Waals surface area contributed by atoms with E-state index in [1.807, 2.05) is 24.3 Å². The summed E-state index contributed by atoms with van der Waals surface area (Å²) in [6.45, 7) is 9.11. The van der Waals surface area contributed by atoms with E-state index in [0.717, 1.165) is 44.1 Å². The largest absolute Gasteiger partial charge is 0.490 e. The van der Waals surface area contributed by atoms with Gasteiger partial charge in [0.1, 0.15) is 0 Å². The monoisotopic (exact) mass is 293 g/mol. The van der Waals surface area contributed by atoms with E-state index in [1.54, 1.807) is 0 Å². The van der Waals surface area contributed by atoms with E-state index in [0.29, 0.717) is 6.04 Å². The Morgan fingerprint density at radius 1 is 0.905 bits per heavy atom. The molecule has 0 saturated heterocycles. The smallest absolute Gasteiger partial charge is 0.161 e. The Morgan fingerprint density at radius 2 is 1.52 bits per heavy atom. The van der Waals surface area contributed by atoms with Gasteiger partial charge in [-0.3, -0.25) is 0 Å². The van der Waals surface area contributed by atoms with E-state index < -0.39 is 0 Å². The summed E-state index contributed by atoms with van der Waals surface area (Å²) in [6.07, 6.45) is 5.84. The lowest BCUT2D eigenvalue weighted by atomic mass is 10.2. The van der Waals surface area contributed by atoms with E-state index in [-0.39, 0.29) is 0 Å². The molecule has 0 aliphatic rings. The lowest BCUT2D eigenvalue weighted by molar-refractivity contribution is 0.263. The van der Waals surface area contributed by atoms with E-state index in [4.69, 9.17) is 9.47 Å². The number of hydrogen-bond acceptors (Lipinski definition) is 3. The van der Waals surface area contributed by atoms with Crippen molar-refractivity contribution >= 4 is 0 Å². The van der Waals surface area contributed by atoms with Crippen LogP contribution in [0, 0.1) is 0 Å². The summed E-state index contributed by atoms with van der Waals surface area (Å²) in [6, 6.07) is 8.53. The Bertz CT molecular complexity index is 366. The summed E-state index contributed by atoms with van der Waals surface area (Å²) >= 11 is 0. The van der Waals surface area contributed by atoms with Gasteiger partial charge in [0.05, 0.1) is 13.2 Å². The molecule has 0 amide bonds. The minimum Gasteiger partial charge on any atom is -0.490 e. The van der Waals surface area contributed by atoms with Crippen molar-refractivity contribution in [3.05, 3.63) is 24.3 Å². The summed E-state index contributed by atoms with van der Waals surface area (Å²) in [4.78, 5) is 0. The van der Waals surface area contributed by atoms with Crippen molar-refractivity contribution in [1.29, 1.82) is 0 Å². The van der Waals surface area contributed by atoms with E-state index in [9.17, 15) is 0 Å². The highest BCUT2D eigenvalue weighted by Gasteiger charge is 2.03. The lowest BCUT2D eigenvalue weighted by Gasteiger charge is -2.12. The van der Waals surface area contributed by atoms with Gasteiger partial charge in [-0.05, 0) is 37.9 Å². The number of benzene rings is 1. The maximum Gasteiger partial charge on any atom is 0.161 e. The summed E-state index contributed by atoms with van der Waals surface area (Å²) in [5, 5.41) is 3.44. The van der Waals surface area contributed by atoms with Crippen molar-refractivity contribution in [3.63, 3.8) is 0 Å². The molecule has 0 unspecified atom stereocenters. The number of ether oxygens (including phenoxy) is 2. The number of unbranched alkanes of at least 4 members (excludes halogenated alkanes) is 3. The molecule has 3 heteroatoms. The summed E-state index contributed by atoms with van der Waals surface area (Å²) in [5.41, 5.74) is 0. The number of hydrogen-bond donors (Lipinski definition) is 1. The van der Waals surface area contributed by atoms with Gasteiger partial charge in [-0.1, -0.05) is 45.7 Å². The Balaban J connectivity index is 2.12. The Kier molecular flexibility index (Phi) is 9.71. The third kappa shape index (κ3) is 8.61. The highest BCUT2D eigenvalue weighted by Crippen LogP contribution is 2.26. The Morgan fingerprint density at radius 3 is 2.14 bits per heavy atom. The molecule has 0 aliphatic heterocycles. The van der Waals surface area contributed by atoms with Crippen LogP contribution in [0.3, 0.4) is 0 Å². The van der Waals surface area contributed by atoms with Crippen molar-refractivity contribution in [2.45, 2.75) is 58.9 Å². The molecule has 1 aromatic rings. The topological polar surface area (TPSA) is 30.5 Å². The minimum atomic E-state index is 0.591. The van der Waals surface area contributed by atoms with Gasteiger partial charge in [0.25, 0.3) is 0 Å². The van der Waals surface area contributed by atoms with Crippen LogP contribution in [0.1, 0.15) is 52.9 Å². The molecule has 0 bridgehead atoms. The number of para-hydroxylation sites is 2. The van der Waals surface area contributed by atoms with E-state index in [1.165, 1.54) is 19.3 Å². The molecule has 0 aliphatic carbocycles. The summed E-state index contributed by atoms with van der Waals surface area (Å²) in [7, 11) is 0. The molecule has 0 saturated carbocycles. The molecule has 0 radical (unpaired) electrons. The van der Waals surface area contributed by atoms with Crippen LogP contribution in [-0.4, -0.2) is 25.8 Å². The molecule has 0 atom stereocenters. The van der Waals surface area contributed by atoms with Crippen LogP contribution in [0.4, 0.5) is 0 Å². The second-order valence-corrected chi connectivity index (χ2v) is 5.67. The molecule has 1 N–H and O–H groups in total. The zero-order chi connectivity index (χ0) is 15.3. The molecule has 21 heavy (non-hydrogen) atoms. The molecule has 0 fully saturated rings. The standard InChI is InChI=1S/C18H31NO2/c1-4-14-20-17-11-7-8-12-18(17)21-15-10-6-5-9-13-19-16(2)3/h7-8,11-12,16,19H,4-6,9-10,13-15H2,1-3H3. The van der Waals surface area contributed by atoms with Crippen molar-refractivity contribution in [2.75, 3.05) is 19.8 Å². The quantitative estimate of drug-likeness (QED) is 0.579. The van der Waals surface area contributed by atoms with Crippen LogP contribution in [0.2, 0.25) is 0 Å². The van der Waals surface area contributed by atoms with Crippen LogP contribution >= 0.6 is 0 Å². The molecule has 120 valence electrons. The number of nitrogens with one attached hydrogen (secondary N) is 1. The fourth-order valence-corrected chi connectivity index (χ4v) is 2.05. The Hall–Kier alpha value is -1.22. The van der Waals surface area contributed by atoms with Crippen molar-refractivity contribution in [1.82, 2.24) is 5.32 Å².